The number of esters is 1. The van der Waals surface area contributed by atoms with Gasteiger partial charge in [0.15, 0.2) is 22.9 Å². The van der Waals surface area contributed by atoms with Crippen molar-refractivity contribution in [1.82, 2.24) is 34.5 Å². The number of imidazole rings is 1. The van der Waals surface area contributed by atoms with Gasteiger partial charge in [0.2, 0.25) is 0 Å². The number of carbonyl (C=O) groups excluding carboxylic acids is 2. The quantitative estimate of drug-likeness (QED) is 0.104. The van der Waals surface area contributed by atoms with Crippen LogP contribution in [0.1, 0.15) is 65.4 Å². The zero-order chi connectivity index (χ0) is 36.3. The highest BCUT2D eigenvalue weighted by atomic mass is 16.5. The fourth-order valence-electron chi connectivity index (χ4n) is 9.50. The molecule has 3 fully saturated rings. The number of ether oxygens (including phenoxy) is 1. The number of hydrogen-bond donors (Lipinski definition) is 3. The standard InChI is InChI=1S/C37H46N10O4/c1-6-35(4)15-27(36(5)21(2)11-13-37(22(3)31(35)50)14-12-26(48)30(36)37)51-28(49)18-47-17-25(44-45-47)24-9-7-23(8-10-24)16-46-20-42-29-32(43-34(38)39)40-19-41-33(29)46/h6-10,17,19-22,27,30-31,50H,1,11-16,18H2,2-5H3,(H4,38,39,40,41,43)/t21-,22+,27-,30+,31+,35-,36+,37+/m1/s1. The van der Waals surface area contributed by atoms with E-state index in [0.29, 0.717) is 42.1 Å². The SMILES string of the molecule is C=C[C@]1(C)C[C@@H](OC(=O)Cn2cc(-c3ccc(Cn4cnc5c(N=C(N)N)ncnc54)cc3)nn2)[C@]2(C)[C@H](C)CC[C@]3(CCC(=O)[C@H]32)[C@@H](C)[C@@H]1O. The molecular weight excluding hydrogens is 648 g/mol. The highest BCUT2D eigenvalue weighted by Gasteiger charge is 2.68. The molecule has 3 aliphatic rings. The molecule has 14 heteroatoms. The molecule has 0 amide bonds. The van der Waals surface area contributed by atoms with Crippen molar-refractivity contribution in [3.63, 3.8) is 0 Å². The van der Waals surface area contributed by atoms with E-state index in [4.69, 9.17) is 16.2 Å². The molecule has 3 aromatic heterocycles. The zero-order valence-corrected chi connectivity index (χ0v) is 29.6. The van der Waals surface area contributed by atoms with Gasteiger partial charge in [0, 0.05) is 28.7 Å². The van der Waals surface area contributed by atoms with Crippen molar-refractivity contribution in [3.8, 4) is 11.3 Å². The third-order valence-corrected chi connectivity index (χ3v) is 12.6. The van der Waals surface area contributed by atoms with Crippen LogP contribution in [0.25, 0.3) is 22.4 Å². The van der Waals surface area contributed by atoms with Gasteiger partial charge in [-0.05, 0) is 48.5 Å². The van der Waals surface area contributed by atoms with Gasteiger partial charge < -0.3 is 25.9 Å². The van der Waals surface area contributed by atoms with E-state index in [1.807, 2.05) is 35.8 Å². The van der Waals surface area contributed by atoms with E-state index in [0.717, 1.165) is 30.4 Å². The molecular formula is C37H46N10O4. The number of aliphatic hydroxyl groups excluding tert-OH is 1. The Kier molecular flexibility index (Phi) is 8.55. The summed E-state index contributed by atoms with van der Waals surface area (Å²) in [6.45, 7) is 12.9. The molecule has 8 atom stereocenters. The lowest BCUT2D eigenvalue weighted by Crippen LogP contribution is -2.63. The van der Waals surface area contributed by atoms with Crippen molar-refractivity contribution in [2.75, 3.05) is 0 Å². The summed E-state index contributed by atoms with van der Waals surface area (Å²) < 4.78 is 9.74. The van der Waals surface area contributed by atoms with Gasteiger partial charge in [-0.3, -0.25) is 9.59 Å². The number of hydrogen-bond acceptors (Lipinski definition) is 10. The van der Waals surface area contributed by atoms with Crippen LogP contribution in [-0.2, 0) is 27.4 Å². The van der Waals surface area contributed by atoms with E-state index in [-0.39, 0.29) is 41.5 Å². The molecule has 51 heavy (non-hydrogen) atoms. The van der Waals surface area contributed by atoms with Crippen LogP contribution in [0.4, 0.5) is 5.82 Å². The van der Waals surface area contributed by atoms with Crippen LogP contribution in [0.5, 0.6) is 0 Å². The van der Waals surface area contributed by atoms with Crippen molar-refractivity contribution in [3.05, 3.63) is 61.3 Å². The first-order chi connectivity index (χ1) is 24.3. The largest absolute Gasteiger partial charge is 0.460 e. The maximum Gasteiger partial charge on any atom is 0.328 e. The van der Waals surface area contributed by atoms with E-state index >= 15 is 0 Å². The number of fused-ring (bicyclic) bond motifs is 1. The lowest BCUT2D eigenvalue weighted by molar-refractivity contribution is -0.207. The second kappa shape index (κ2) is 12.7. The van der Waals surface area contributed by atoms with Crippen molar-refractivity contribution in [1.29, 1.82) is 0 Å². The van der Waals surface area contributed by atoms with Crippen LogP contribution in [0.3, 0.4) is 0 Å². The summed E-state index contributed by atoms with van der Waals surface area (Å²) >= 11 is 0. The molecule has 0 radical (unpaired) electrons. The van der Waals surface area contributed by atoms with Crippen LogP contribution in [0.2, 0.25) is 0 Å². The van der Waals surface area contributed by atoms with Gasteiger partial charge in [0.25, 0.3) is 0 Å². The molecule has 2 bridgehead atoms. The van der Waals surface area contributed by atoms with Crippen LogP contribution in [0.15, 0.2) is 60.8 Å². The average Bonchev–Trinajstić information content (AvgIpc) is 3.84. The Hall–Kier alpha value is -4.98. The Morgan fingerprint density at radius 1 is 1.16 bits per heavy atom. The maximum atomic E-state index is 13.7. The number of guanidine groups is 1. The smallest absolute Gasteiger partial charge is 0.328 e. The fourth-order valence-corrected chi connectivity index (χ4v) is 9.50. The predicted octanol–water partition coefficient (Wildman–Crippen LogP) is 3.94. The number of nitrogens with zero attached hydrogens (tertiary/aromatic N) is 8. The van der Waals surface area contributed by atoms with Crippen LogP contribution in [0, 0.1) is 34.0 Å². The number of aromatic nitrogens is 7. The first-order valence-corrected chi connectivity index (χ1v) is 17.6. The first kappa shape index (κ1) is 34.5. The summed E-state index contributed by atoms with van der Waals surface area (Å²) in [6.07, 6.45) is 8.69. The van der Waals surface area contributed by atoms with E-state index in [1.165, 1.54) is 11.0 Å². The molecule has 0 saturated heterocycles. The summed E-state index contributed by atoms with van der Waals surface area (Å²) in [5.74, 6) is -0.267. The van der Waals surface area contributed by atoms with Gasteiger partial charge in [0.1, 0.15) is 30.5 Å². The van der Waals surface area contributed by atoms with E-state index in [2.05, 4.69) is 57.6 Å². The lowest BCUT2D eigenvalue weighted by atomic mass is 9.44. The molecule has 3 saturated carbocycles. The van der Waals surface area contributed by atoms with E-state index in [1.54, 1.807) is 18.6 Å². The summed E-state index contributed by atoms with van der Waals surface area (Å²) in [5, 5.41) is 20.3. The third-order valence-electron chi connectivity index (χ3n) is 12.6. The normalized spacial score (nSPS) is 31.8. The predicted molar refractivity (Wildman–Crippen MR) is 190 cm³/mol. The maximum absolute atomic E-state index is 13.7. The fraction of sp³-hybridized carbons (Fsp3) is 0.514. The Bertz CT molecular complexity index is 2020. The molecule has 268 valence electrons. The van der Waals surface area contributed by atoms with Crippen LogP contribution >= 0.6 is 0 Å². The van der Waals surface area contributed by atoms with Crippen LogP contribution < -0.4 is 11.5 Å². The van der Waals surface area contributed by atoms with Crippen molar-refractivity contribution in [2.45, 2.75) is 85.1 Å². The van der Waals surface area contributed by atoms with Crippen molar-refractivity contribution in [2.24, 2.45) is 50.5 Å². The van der Waals surface area contributed by atoms with Gasteiger partial charge in [0.05, 0.1) is 25.2 Å². The summed E-state index contributed by atoms with van der Waals surface area (Å²) in [6, 6.07) is 7.83. The van der Waals surface area contributed by atoms with Gasteiger partial charge in [-0.25, -0.2) is 19.6 Å². The Labute approximate surface area is 296 Å². The molecule has 4 aromatic rings. The highest BCUT2D eigenvalue weighted by Crippen LogP contribution is 2.68. The minimum absolute atomic E-state index is 0.0893. The summed E-state index contributed by atoms with van der Waals surface area (Å²) in [5.41, 5.74) is 13.0. The number of Topliss-reactive ketones (excluding diaryl/α,β-unsaturated/α-hetero) is 1. The second-order valence-corrected chi connectivity index (χ2v) is 15.3. The number of carbonyl (C=O) groups is 2. The molecule has 1 aromatic carbocycles. The lowest BCUT2D eigenvalue weighted by Gasteiger charge is -2.61. The zero-order valence-electron chi connectivity index (χ0n) is 29.6. The van der Waals surface area contributed by atoms with Crippen molar-refractivity contribution >= 4 is 34.7 Å². The van der Waals surface area contributed by atoms with Gasteiger partial charge in [-0.1, -0.05) is 63.2 Å². The number of nitrogens with two attached hydrogens (primary N) is 2. The van der Waals surface area contributed by atoms with Gasteiger partial charge in [-0.15, -0.1) is 11.7 Å². The molecule has 0 unspecified atom stereocenters. The Morgan fingerprint density at radius 2 is 1.92 bits per heavy atom. The van der Waals surface area contributed by atoms with Crippen LogP contribution in [-0.4, -0.2) is 69.5 Å². The second-order valence-electron chi connectivity index (χ2n) is 15.3. The summed E-state index contributed by atoms with van der Waals surface area (Å²) in [4.78, 5) is 44.3. The molecule has 3 heterocycles. The topological polar surface area (TPSA) is 202 Å². The third kappa shape index (κ3) is 5.69. The highest BCUT2D eigenvalue weighted by molar-refractivity contribution is 5.87. The van der Waals surface area contributed by atoms with E-state index < -0.39 is 29.0 Å². The molecule has 0 spiro atoms. The molecule has 3 aliphatic carbocycles. The summed E-state index contributed by atoms with van der Waals surface area (Å²) in [7, 11) is 0. The molecule has 7 rings (SSSR count). The number of benzene rings is 1. The number of aliphatic hydroxyl groups is 1. The molecule has 5 N–H and O–H groups in total. The number of aliphatic imine (C=N–C) groups is 1. The number of rotatable bonds is 8. The van der Waals surface area contributed by atoms with E-state index in [9.17, 15) is 14.7 Å². The molecule has 14 nitrogen and oxygen atoms in total. The first-order valence-electron chi connectivity index (χ1n) is 17.6. The molecule has 0 aliphatic heterocycles. The Balaban J connectivity index is 1.07. The van der Waals surface area contributed by atoms with Gasteiger partial charge >= 0.3 is 5.97 Å². The minimum Gasteiger partial charge on any atom is -0.460 e. The van der Waals surface area contributed by atoms with Gasteiger partial charge in [-0.2, -0.15) is 4.99 Å². The average molecular weight is 695 g/mol. The minimum atomic E-state index is -0.719. The number of ketones is 1. The Morgan fingerprint density at radius 3 is 2.65 bits per heavy atom. The van der Waals surface area contributed by atoms with Crippen molar-refractivity contribution < 1.29 is 19.4 Å². The monoisotopic (exact) mass is 694 g/mol.